The molecule has 0 amide bonds. The summed E-state index contributed by atoms with van der Waals surface area (Å²) in [5.74, 6) is 0.274. The molecule has 20 heavy (non-hydrogen) atoms. The maximum absolute atomic E-state index is 11.6. The molecule has 0 spiro atoms. The van der Waals surface area contributed by atoms with Gasteiger partial charge in [0.25, 0.3) is 0 Å². The first-order chi connectivity index (χ1) is 9.63. The Labute approximate surface area is 118 Å². The summed E-state index contributed by atoms with van der Waals surface area (Å²) in [7, 11) is 0. The third-order valence-electron chi connectivity index (χ3n) is 4.41. The minimum Gasteiger partial charge on any atom is -0.481 e. The zero-order chi connectivity index (χ0) is 14.6. The molecule has 0 aliphatic carbocycles. The molecule has 1 aliphatic rings. The van der Waals surface area contributed by atoms with Crippen molar-refractivity contribution in [2.24, 2.45) is 5.41 Å². The average Bonchev–Trinajstić information content (AvgIpc) is 2.93. The molecule has 1 N–H and O–H groups in total. The van der Waals surface area contributed by atoms with Crippen LogP contribution in [0.3, 0.4) is 0 Å². The molecule has 0 radical (unpaired) electrons. The zero-order valence-electron chi connectivity index (χ0n) is 12.1. The minimum absolute atomic E-state index is 0.263. The van der Waals surface area contributed by atoms with E-state index in [9.17, 15) is 9.90 Å². The summed E-state index contributed by atoms with van der Waals surface area (Å²) in [5, 5.41) is 21.4. The van der Waals surface area contributed by atoms with Crippen molar-refractivity contribution < 1.29 is 14.6 Å². The molecule has 0 atom stereocenters. The van der Waals surface area contributed by atoms with Gasteiger partial charge in [-0.2, -0.15) is 0 Å². The lowest BCUT2D eigenvalue weighted by Gasteiger charge is -2.28. The number of tetrazole rings is 1. The molecule has 1 fully saturated rings. The first kappa shape index (κ1) is 14.9. The molecule has 0 unspecified atom stereocenters. The van der Waals surface area contributed by atoms with Crippen molar-refractivity contribution in [3.05, 3.63) is 5.82 Å². The average molecular weight is 282 g/mol. The number of carboxylic acid groups (broad SMARTS) is 1. The van der Waals surface area contributed by atoms with E-state index in [1.54, 1.807) is 4.68 Å². The van der Waals surface area contributed by atoms with Gasteiger partial charge in [0.05, 0.1) is 12.0 Å². The first-order valence-corrected chi connectivity index (χ1v) is 7.20. The van der Waals surface area contributed by atoms with E-state index in [-0.39, 0.29) is 5.92 Å². The molecule has 1 aromatic rings. The third-order valence-corrected chi connectivity index (χ3v) is 4.41. The predicted molar refractivity (Wildman–Crippen MR) is 71.3 cm³/mol. The Morgan fingerprint density at radius 2 is 2.05 bits per heavy atom. The molecule has 1 aliphatic heterocycles. The smallest absolute Gasteiger partial charge is 0.311 e. The summed E-state index contributed by atoms with van der Waals surface area (Å²) in [4.78, 5) is 11.6. The maximum atomic E-state index is 11.6. The second-order valence-electron chi connectivity index (χ2n) is 5.37. The van der Waals surface area contributed by atoms with Crippen LogP contribution in [0.1, 0.15) is 51.3 Å². The maximum Gasteiger partial charge on any atom is 0.311 e. The Balaban J connectivity index is 2.20. The number of hydrogen-bond acceptors (Lipinski definition) is 5. The summed E-state index contributed by atoms with van der Waals surface area (Å²) in [5.41, 5.74) is -0.796. The highest BCUT2D eigenvalue weighted by atomic mass is 16.5. The molecule has 1 aromatic heterocycles. The summed E-state index contributed by atoms with van der Waals surface area (Å²) >= 11 is 0. The molecular weight excluding hydrogens is 260 g/mol. The molecule has 0 aromatic carbocycles. The lowest BCUT2D eigenvalue weighted by molar-refractivity contribution is -0.150. The van der Waals surface area contributed by atoms with Crippen LogP contribution >= 0.6 is 0 Å². The van der Waals surface area contributed by atoms with E-state index in [2.05, 4.69) is 15.5 Å². The van der Waals surface area contributed by atoms with Crippen molar-refractivity contribution in [3.63, 3.8) is 0 Å². The van der Waals surface area contributed by atoms with Crippen LogP contribution in [0.15, 0.2) is 0 Å². The first-order valence-electron chi connectivity index (χ1n) is 7.20. The van der Waals surface area contributed by atoms with Crippen molar-refractivity contribution in [2.45, 2.75) is 52.0 Å². The van der Waals surface area contributed by atoms with Gasteiger partial charge >= 0.3 is 5.97 Å². The summed E-state index contributed by atoms with van der Waals surface area (Å²) in [6.07, 6.45) is 2.90. The highest BCUT2D eigenvalue weighted by Crippen LogP contribution is 2.31. The second-order valence-corrected chi connectivity index (χ2v) is 5.37. The molecule has 7 nitrogen and oxygen atoms in total. The van der Waals surface area contributed by atoms with E-state index in [0.717, 1.165) is 18.7 Å². The SMILES string of the molecule is CCC(CC)(Cn1nnnc1C1CCOCC1)C(=O)O. The minimum atomic E-state index is -0.796. The number of rotatable bonds is 6. The molecule has 112 valence electrons. The van der Waals surface area contributed by atoms with Gasteiger partial charge in [0.1, 0.15) is 0 Å². The highest BCUT2D eigenvalue weighted by molar-refractivity contribution is 5.74. The highest BCUT2D eigenvalue weighted by Gasteiger charge is 2.37. The van der Waals surface area contributed by atoms with Gasteiger partial charge in [0, 0.05) is 19.1 Å². The van der Waals surface area contributed by atoms with Crippen molar-refractivity contribution >= 4 is 5.97 Å². The lowest BCUT2D eigenvalue weighted by Crippen LogP contribution is -2.36. The van der Waals surface area contributed by atoms with E-state index in [0.29, 0.717) is 32.6 Å². The number of hydrogen-bond donors (Lipinski definition) is 1. The summed E-state index contributed by atoms with van der Waals surface area (Å²) < 4.78 is 7.02. The van der Waals surface area contributed by atoms with Crippen LogP contribution in [0.25, 0.3) is 0 Å². The lowest BCUT2D eigenvalue weighted by atomic mass is 9.82. The zero-order valence-corrected chi connectivity index (χ0v) is 12.1. The van der Waals surface area contributed by atoms with Gasteiger partial charge in [-0.25, -0.2) is 4.68 Å². The second kappa shape index (κ2) is 6.30. The fourth-order valence-electron chi connectivity index (χ4n) is 2.70. The standard InChI is InChI=1S/C13H22N4O3/c1-3-13(4-2,12(18)19)9-17-11(14-15-16-17)10-5-7-20-8-6-10/h10H,3-9H2,1-2H3,(H,18,19). The van der Waals surface area contributed by atoms with Crippen molar-refractivity contribution in [1.82, 2.24) is 20.2 Å². The van der Waals surface area contributed by atoms with Crippen LogP contribution in [0.4, 0.5) is 0 Å². The molecule has 7 heteroatoms. The van der Waals surface area contributed by atoms with Crippen molar-refractivity contribution in [2.75, 3.05) is 13.2 Å². The van der Waals surface area contributed by atoms with Gasteiger partial charge in [-0.15, -0.1) is 5.10 Å². The summed E-state index contributed by atoms with van der Waals surface area (Å²) in [6.45, 7) is 5.55. The Kier molecular flexibility index (Phi) is 4.69. The number of aliphatic carboxylic acids is 1. The van der Waals surface area contributed by atoms with Gasteiger partial charge in [-0.05, 0) is 36.1 Å². The molecule has 0 bridgehead atoms. The van der Waals surface area contributed by atoms with Gasteiger partial charge in [-0.1, -0.05) is 13.8 Å². The largest absolute Gasteiger partial charge is 0.481 e. The normalized spacial score (nSPS) is 17.3. The monoisotopic (exact) mass is 282 g/mol. The number of nitrogens with zero attached hydrogens (tertiary/aromatic N) is 4. The van der Waals surface area contributed by atoms with Gasteiger partial charge in [-0.3, -0.25) is 4.79 Å². The molecule has 2 rings (SSSR count). The molecule has 2 heterocycles. The van der Waals surface area contributed by atoms with Crippen molar-refractivity contribution in [3.8, 4) is 0 Å². The van der Waals surface area contributed by atoms with Crippen LogP contribution in [-0.4, -0.2) is 44.5 Å². The topological polar surface area (TPSA) is 90.1 Å². The van der Waals surface area contributed by atoms with Crippen LogP contribution in [0, 0.1) is 5.41 Å². The Morgan fingerprint density at radius 3 is 2.60 bits per heavy atom. The summed E-state index contributed by atoms with van der Waals surface area (Å²) in [6, 6.07) is 0. The number of carboxylic acids is 1. The number of aromatic nitrogens is 4. The Bertz CT molecular complexity index is 450. The van der Waals surface area contributed by atoms with E-state index in [1.165, 1.54) is 0 Å². The van der Waals surface area contributed by atoms with E-state index in [4.69, 9.17) is 4.74 Å². The molecule has 1 saturated heterocycles. The predicted octanol–water partition coefficient (Wildman–Crippen LogP) is 1.46. The fraction of sp³-hybridized carbons (Fsp3) is 0.846. The van der Waals surface area contributed by atoms with Crippen LogP contribution in [0.2, 0.25) is 0 Å². The Hall–Kier alpha value is -1.50. The van der Waals surface area contributed by atoms with Gasteiger partial charge in [0.2, 0.25) is 0 Å². The Morgan fingerprint density at radius 1 is 1.40 bits per heavy atom. The fourth-order valence-corrected chi connectivity index (χ4v) is 2.70. The van der Waals surface area contributed by atoms with Crippen LogP contribution in [0.5, 0.6) is 0 Å². The van der Waals surface area contributed by atoms with Gasteiger partial charge < -0.3 is 9.84 Å². The van der Waals surface area contributed by atoms with Crippen LogP contribution in [-0.2, 0) is 16.1 Å². The third kappa shape index (κ3) is 2.82. The van der Waals surface area contributed by atoms with Crippen molar-refractivity contribution in [1.29, 1.82) is 0 Å². The quantitative estimate of drug-likeness (QED) is 0.849. The molecule has 0 saturated carbocycles. The van der Waals surface area contributed by atoms with Gasteiger partial charge in [0.15, 0.2) is 5.82 Å². The van der Waals surface area contributed by atoms with E-state index < -0.39 is 11.4 Å². The van der Waals surface area contributed by atoms with E-state index in [1.807, 2.05) is 13.8 Å². The van der Waals surface area contributed by atoms with E-state index >= 15 is 0 Å². The molecular formula is C13H22N4O3. The van der Waals surface area contributed by atoms with Crippen LogP contribution < -0.4 is 0 Å². The number of carbonyl (C=O) groups is 1. The number of ether oxygens (including phenoxy) is 1.